The molecule has 152 valence electrons. The van der Waals surface area contributed by atoms with Gasteiger partial charge in [0.25, 0.3) is 5.91 Å². The van der Waals surface area contributed by atoms with Crippen molar-refractivity contribution in [3.8, 4) is 0 Å². The van der Waals surface area contributed by atoms with Crippen LogP contribution >= 0.6 is 11.6 Å². The van der Waals surface area contributed by atoms with Crippen LogP contribution in [0.3, 0.4) is 0 Å². The molecule has 2 N–H and O–H groups in total. The fraction of sp³-hybridized carbons (Fsp3) is 0.318. The summed E-state index contributed by atoms with van der Waals surface area (Å²) in [4.78, 5) is 28.4. The Morgan fingerprint density at radius 3 is 2.72 bits per heavy atom. The van der Waals surface area contributed by atoms with Crippen LogP contribution in [0.2, 0.25) is 5.15 Å². The molecule has 0 atom stereocenters. The first-order chi connectivity index (χ1) is 14.1. The number of ether oxygens (including phenoxy) is 1. The SMILES string of the molecule is O=C(COC(=O)c1ccccc1NCCC1=CCCCC1)Nc1cccnc1Cl. The highest BCUT2D eigenvalue weighted by Crippen LogP contribution is 2.21. The average molecular weight is 414 g/mol. The van der Waals surface area contributed by atoms with E-state index in [1.165, 1.54) is 24.6 Å². The lowest BCUT2D eigenvalue weighted by Gasteiger charge is -2.15. The van der Waals surface area contributed by atoms with Gasteiger partial charge in [-0.3, -0.25) is 4.79 Å². The van der Waals surface area contributed by atoms with Gasteiger partial charge in [0, 0.05) is 18.4 Å². The molecule has 0 unspecified atom stereocenters. The molecule has 1 aromatic carbocycles. The molecule has 1 heterocycles. The molecule has 0 spiro atoms. The number of hydrogen-bond acceptors (Lipinski definition) is 5. The van der Waals surface area contributed by atoms with Crippen molar-refractivity contribution in [1.82, 2.24) is 4.98 Å². The Kier molecular flexibility index (Phi) is 7.64. The Morgan fingerprint density at radius 1 is 1.10 bits per heavy atom. The van der Waals surface area contributed by atoms with Gasteiger partial charge >= 0.3 is 5.97 Å². The number of pyridine rings is 1. The highest BCUT2D eigenvalue weighted by Gasteiger charge is 2.15. The largest absolute Gasteiger partial charge is 0.452 e. The van der Waals surface area contributed by atoms with Crippen LogP contribution in [0.25, 0.3) is 0 Å². The Bertz CT molecular complexity index is 898. The lowest BCUT2D eigenvalue weighted by atomic mass is 9.97. The second-order valence-corrected chi connectivity index (χ2v) is 7.15. The third-order valence-corrected chi connectivity index (χ3v) is 4.96. The van der Waals surface area contributed by atoms with Crippen LogP contribution in [0.5, 0.6) is 0 Å². The summed E-state index contributed by atoms with van der Waals surface area (Å²) in [6, 6.07) is 10.4. The zero-order valence-electron chi connectivity index (χ0n) is 16.1. The molecule has 2 aromatic rings. The van der Waals surface area contributed by atoms with Gasteiger partial charge in [-0.1, -0.05) is 35.4 Å². The van der Waals surface area contributed by atoms with Crippen LogP contribution in [0.1, 0.15) is 42.5 Å². The van der Waals surface area contributed by atoms with E-state index < -0.39 is 18.5 Å². The molecular weight excluding hydrogens is 390 g/mol. The second kappa shape index (κ2) is 10.6. The number of esters is 1. The smallest absolute Gasteiger partial charge is 0.340 e. The number of para-hydroxylation sites is 1. The van der Waals surface area contributed by atoms with Crippen LogP contribution in [-0.4, -0.2) is 30.0 Å². The highest BCUT2D eigenvalue weighted by atomic mass is 35.5. The summed E-state index contributed by atoms with van der Waals surface area (Å²) >= 11 is 5.91. The van der Waals surface area contributed by atoms with Gasteiger partial charge in [0.05, 0.1) is 11.3 Å². The second-order valence-electron chi connectivity index (χ2n) is 6.80. The van der Waals surface area contributed by atoms with Crippen LogP contribution < -0.4 is 10.6 Å². The Morgan fingerprint density at radius 2 is 1.93 bits per heavy atom. The zero-order chi connectivity index (χ0) is 20.5. The quantitative estimate of drug-likeness (QED) is 0.368. The van der Waals surface area contributed by atoms with Crippen molar-refractivity contribution in [1.29, 1.82) is 0 Å². The summed E-state index contributed by atoms with van der Waals surface area (Å²) in [6.07, 6.45) is 9.63. The molecule has 0 radical (unpaired) electrons. The van der Waals surface area contributed by atoms with E-state index in [1.54, 1.807) is 24.3 Å². The Balaban J connectivity index is 1.51. The predicted molar refractivity (Wildman–Crippen MR) is 114 cm³/mol. The molecule has 0 saturated carbocycles. The number of nitrogens with zero attached hydrogens (tertiary/aromatic N) is 1. The predicted octanol–water partition coefficient (Wildman–Crippen LogP) is 4.83. The standard InChI is InChI=1S/C22H24ClN3O3/c23-21-19(11-6-13-25-21)26-20(27)15-29-22(28)17-9-4-5-10-18(17)24-14-12-16-7-2-1-3-8-16/h4-7,9-11,13,24H,1-3,8,12,14-15H2,(H,26,27). The summed E-state index contributed by atoms with van der Waals surface area (Å²) in [7, 11) is 0. The van der Waals surface area contributed by atoms with Gasteiger partial charge in [0.2, 0.25) is 0 Å². The fourth-order valence-corrected chi connectivity index (χ4v) is 3.35. The van der Waals surface area contributed by atoms with Crippen molar-refractivity contribution < 1.29 is 14.3 Å². The lowest BCUT2D eigenvalue weighted by Crippen LogP contribution is -2.21. The third kappa shape index (κ3) is 6.32. The number of carbonyl (C=O) groups is 2. The van der Waals surface area contributed by atoms with Crippen molar-refractivity contribution in [3.05, 3.63) is 65.0 Å². The van der Waals surface area contributed by atoms with Crippen molar-refractivity contribution in [2.75, 3.05) is 23.8 Å². The minimum absolute atomic E-state index is 0.176. The van der Waals surface area contributed by atoms with Crippen LogP contribution in [-0.2, 0) is 9.53 Å². The van der Waals surface area contributed by atoms with Gasteiger partial charge in [-0.2, -0.15) is 0 Å². The molecule has 29 heavy (non-hydrogen) atoms. The minimum Gasteiger partial charge on any atom is -0.452 e. The molecule has 1 aliphatic rings. The van der Waals surface area contributed by atoms with Crippen molar-refractivity contribution in [2.45, 2.75) is 32.1 Å². The van der Waals surface area contributed by atoms with Crippen molar-refractivity contribution in [3.63, 3.8) is 0 Å². The maximum absolute atomic E-state index is 12.5. The Hall–Kier alpha value is -2.86. The number of hydrogen-bond donors (Lipinski definition) is 2. The number of halogens is 1. The number of allylic oxidation sites excluding steroid dienone is 1. The van der Waals surface area contributed by atoms with Gasteiger partial charge in [0.1, 0.15) is 0 Å². The van der Waals surface area contributed by atoms with Gasteiger partial charge in [0.15, 0.2) is 11.8 Å². The molecule has 0 saturated heterocycles. The van der Waals surface area contributed by atoms with Crippen LogP contribution in [0.4, 0.5) is 11.4 Å². The van der Waals surface area contributed by atoms with Crippen molar-refractivity contribution in [2.24, 2.45) is 0 Å². The molecule has 0 bridgehead atoms. The number of carbonyl (C=O) groups excluding carboxylic acids is 2. The van der Waals surface area contributed by atoms with E-state index in [0.717, 1.165) is 25.8 Å². The molecule has 7 heteroatoms. The van der Waals surface area contributed by atoms with Gasteiger partial charge in [-0.15, -0.1) is 0 Å². The number of amides is 1. The van der Waals surface area contributed by atoms with Gasteiger partial charge < -0.3 is 15.4 Å². The zero-order valence-corrected chi connectivity index (χ0v) is 16.9. The number of rotatable bonds is 8. The van der Waals surface area contributed by atoms with E-state index in [4.69, 9.17) is 16.3 Å². The number of nitrogens with one attached hydrogen (secondary N) is 2. The maximum Gasteiger partial charge on any atom is 0.340 e. The molecule has 1 aromatic heterocycles. The summed E-state index contributed by atoms with van der Waals surface area (Å²) in [5, 5.41) is 6.05. The molecule has 6 nitrogen and oxygen atoms in total. The average Bonchev–Trinajstić information content (AvgIpc) is 2.75. The fourth-order valence-electron chi connectivity index (χ4n) is 3.18. The van der Waals surface area contributed by atoms with Crippen molar-refractivity contribution >= 4 is 34.9 Å². The van der Waals surface area contributed by atoms with E-state index in [9.17, 15) is 9.59 Å². The molecule has 3 rings (SSSR count). The first kappa shape index (κ1) is 20.9. The first-order valence-electron chi connectivity index (χ1n) is 9.72. The summed E-state index contributed by atoms with van der Waals surface area (Å²) in [5.74, 6) is -1.04. The van der Waals surface area contributed by atoms with Gasteiger partial charge in [-0.25, -0.2) is 9.78 Å². The molecular formula is C22H24ClN3O3. The van der Waals surface area contributed by atoms with E-state index in [0.29, 0.717) is 16.9 Å². The first-order valence-corrected chi connectivity index (χ1v) is 10.1. The van der Waals surface area contributed by atoms with E-state index in [-0.39, 0.29) is 5.15 Å². The van der Waals surface area contributed by atoms with Crippen LogP contribution in [0, 0.1) is 0 Å². The normalized spacial score (nSPS) is 13.3. The molecule has 0 aliphatic heterocycles. The summed E-state index contributed by atoms with van der Waals surface area (Å²) in [5.41, 5.74) is 2.94. The molecule has 0 fully saturated rings. The summed E-state index contributed by atoms with van der Waals surface area (Å²) < 4.78 is 5.17. The molecule has 1 amide bonds. The Labute approximate surface area is 175 Å². The van der Waals surface area contributed by atoms with E-state index in [1.807, 2.05) is 12.1 Å². The van der Waals surface area contributed by atoms with Crippen LogP contribution in [0.15, 0.2) is 54.2 Å². The topological polar surface area (TPSA) is 80.3 Å². The maximum atomic E-state index is 12.5. The summed E-state index contributed by atoms with van der Waals surface area (Å²) in [6.45, 7) is 0.335. The lowest BCUT2D eigenvalue weighted by molar-refractivity contribution is -0.119. The molecule has 1 aliphatic carbocycles. The number of anilines is 2. The monoisotopic (exact) mass is 413 g/mol. The third-order valence-electron chi connectivity index (χ3n) is 4.66. The van der Waals surface area contributed by atoms with E-state index >= 15 is 0 Å². The number of aromatic nitrogens is 1. The van der Waals surface area contributed by atoms with E-state index in [2.05, 4.69) is 21.7 Å². The highest BCUT2D eigenvalue weighted by molar-refractivity contribution is 6.32. The minimum atomic E-state index is -0.558. The number of benzene rings is 1. The van der Waals surface area contributed by atoms with Gasteiger partial charge in [-0.05, 0) is 56.4 Å².